The standard InChI is InChI=1S/C10H9ClN2O.C3H6.3C2H6/c1-2-9-12-10(13-14-9)7-3-5-8(11)6-4-7;1-3-2;3*1-2/h3-6H,2H2,1H3;3H,1H2,2H3;3*1-2H3. The van der Waals surface area contributed by atoms with Crippen LogP contribution in [-0.4, -0.2) is 10.1 Å². The van der Waals surface area contributed by atoms with Gasteiger partial charge in [-0.25, -0.2) is 0 Å². The van der Waals surface area contributed by atoms with Crippen molar-refractivity contribution in [3.05, 3.63) is 47.8 Å². The van der Waals surface area contributed by atoms with Crippen molar-refractivity contribution in [1.82, 2.24) is 10.1 Å². The Labute approximate surface area is 147 Å². The van der Waals surface area contributed by atoms with Gasteiger partial charge in [0.2, 0.25) is 11.7 Å². The Balaban J connectivity index is -0.000000382. The van der Waals surface area contributed by atoms with E-state index in [1.165, 1.54) is 0 Å². The highest BCUT2D eigenvalue weighted by Gasteiger charge is 2.06. The molecule has 0 aliphatic carbocycles. The number of aryl methyl sites for hydroxylation is 1. The number of hydrogen-bond acceptors (Lipinski definition) is 3. The quantitative estimate of drug-likeness (QED) is 0.541. The van der Waals surface area contributed by atoms with Gasteiger partial charge in [-0.1, -0.05) is 71.3 Å². The van der Waals surface area contributed by atoms with Crippen LogP contribution >= 0.6 is 11.6 Å². The third-order valence-electron chi connectivity index (χ3n) is 1.87. The minimum Gasteiger partial charge on any atom is -0.339 e. The van der Waals surface area contributed by atoms with Crippen molar-refractivity contribution in [1.29, 1.82) is 0 Å². The van der Waals surface area contributed by atoms with Crippen molar-refractivity contribution in [2.75, 3.05) is 0 Å². The Morgan fingerprint density at radius 3 is 1.83 bits per heavy atom. The molecule has 0 aliphatic rings. The minimum absolute atomic E-state index is 0.610. The van der Waals surface area contributed by atoms with Crippen LogP contribution in [0.3, 0.4) is 0 Å². The van der Waals surface area contributed by atoms with E-state index in [2.05, 4.69) is 16.7 Å². The van der Waals surface area contributed by atoms with E-state index in [9.17, 15) is 0 Å². The van der Waals surface area contributed by atoms with E-state index in [-0.39, 0.29) is 0 Å². The summed E-state index contributed by atoms with van der Waals surface area (Å²) >= 11 is 5.77. The van der Waals surface area contributed by atoms with E-state index in [1.54, 1.807) is 18.2 Å². The monoisotopic (exact) mass is 340 g/mol. The summed E-state index contributed by atoms with van der Waals surface area (Å²) in [6, 6.07) is 7.34. The van der Waals surface area contributed by atoms with E-state index in [1.807, 2.05) is 67.5 Å². The van der Waals surface area contributed by atoms with Gasteiger partial charge in [0.25, 0.3) is 0 Å². The van der Waals surface area contributed by atoms with Gasteiger partial charge in [0.1, 0.15) is 0 Å². The molecule has 0 radical (unpaired) electrons. The molecule has 1 aromatic heterocycles. The third kappa shape index (κ3) is 12.6. The summed E-state index contributed by atoms with van der Waals surface area (Å²) in [7, 11) is 0. The summed E-state index contributed by atoms with van der Waals surface area (Å²) in [6.45, 7) is 19.2. The largest absolute Gasteiger partial charge is 0.339 e. The Morgan fingerprint density at radius 1 is 1.04 bits per heavy atom. The fourth-order valence-corrected chi connectivity index (χ4v) is 1.24. The Bertz CT molecular complexity index is 464. The fourth-order valence-electron chi connectivity index (χ4n) is 1.11. The lowest BCUT2D eigenvalue weighted by Gasteiger charge is -1.92. The van der Waals surface area contributed by atoms with Crippen LogP contribution in [0.1, 0.15) is 61.3 Å². The number of aromatic nitrogens is 2. The molecule has 0 saturated carbocycles. The molecule has 1 aromatic carbocycles. The van der Waals surface area contributed by atoms with Crippen molar-refractivity contribution in [2.45, 2.75) is 61.8 Å². The van der Waals surface area contributed by atoms with Crippen molar-refractivity contribution in [3.63, 3.8) is 0 Å². The van der Waals surface area contributed by atoms with Gasteiger partial charge in [-0.15, -0.1) is 6.58 Å². The molecule has 0 saturated heterocycles. The van der Waals surface area contributed by atoms with Crippen LogP contribution in [0.5, 0.6) is 0 Å². The first-order chi connectivity index (χ1) is 11.2. The van der Waals surface area contributed by atoms with E-state index >= 15 is 0 Å². The molecular weight excluding hydrogens is 308 g/mol. The third-order valence-corrected chi connectivity index (χ3v) is 2.12. The van der Waals surface area contributed by atoms with Crippen LogP contribution in [0.25, 0.3) is 11.4 Å². The molecule has 132 valence electrons. The van der Waals surface area contributed by atoms with Gasteiger partial charge in [-0.2, -0.15) is 4.98 Å². The van der Waals surface area contributed by atoms with Crippen molar-refractivity contribution < 1.29 is 4.52 Å². The molecule has 23 heavy (non-hydrogen) atoms. The number of rotatable bonds is 2. The highest BCUT2D eigenvalue weighted by molar-refractivity contribution is 6.30. The first-order valence-electron chi connectivity index (χ1n) is 8.36. The topological polar surface area (TPSA) is 38.9 Å². The van der Waals surface area contributed by atoms with Crippen LogP contribution in [0, 0.1) is 0 Å². The Hall–Kier alpha value is -1.61. The van der Waals surface area contributed by atoms with Gasteiger partial charge in [0, 0.05) is 17.0 Å². The summed E-state index contributed by atoms with van der Waals surface area (Å²) in [6.07, 6.45) is 2.50. The lowest BCUT2D eigenvalue weighted by molar-refractivity contribution is 0.383. The van der Waals surface area contributed by atoms with Gasteiger partial charge in [-0.3, -0.25) is 0 Å². The molecule has 0 amide bonds. The van der Waals surface area contributed by atoms with Gasteiger partial charge >= 0.3 is 0 Å². The lowest BCUT2D eigenvalue weighted by atomic mass is 10.2. The van der Waals surface area contributed by atoms with Crippen molar-refractivity contribution >= 4 is 11.6 Å². The predicted octanol–water partition coefficient (Wildman–Crippen LogP) is 7.22. The molecule has 0 spiro atoms. The molecule has 4 heteroatoms. The van der Waals surface area contributed by atoms with E-state index in [0.717, 1.165) is 12.0 Å². The van der Waals surface area contributed by atoms with E-state index in [4.69, 9.17) is 16.1 Å². The highest BCUT2D eigenvalue weighted by atomic mass is 35.5. The van der Waals surface area contributed by atoms with Crippen LogP contribution in [-0.2, 0) is 6.42 Å². The maximum absolute atomic E-state index is 5.77. The van der Waals surface area contributed by atoms with Crippen LogP contribution in [0.2, 0.25) is 5.02 Å². The first-order valence-corrected chi connectivity index (χ1v) is 8.74. The summed E-state index contributed by atoms with van der Waals surface area (Å²) in [5.41, 5.74) is 0.915. The van der Waals surface area contributed by atoms with E-state index in [0.29, 0.717) is 16.7 Å². The number of nitrogens with zero attached hydrogens (tertiary/aromatic N) is 2. The molecule has 3 nitrogen and oxygen atoms in total. The van der Waals surface area contributed by atoms with Gasteiger partial charge in [0.05, 0.1) is 0 Å². The molecule has 0 unspecified atom stereocenters. The molecule has 0 aliphatic heterocycles. The summed E-state index contributed by atoms with van der Waals surface area (Å²) in [5, 5.41) is 4.56. The molecule has 0 bridgehead atoms. The van der Waals surface area contributed by atoms with Crippen LogP contribution < -0.4 is 0 Å². The zero-order chi connectivity index (χ0) is 18.7. The van der Waals surface area contributed by atoms with Crippen molar-refractivity contribution in [3.8, 4) is 11.4 Å². The number of halogens is 1. The minimum atomic E-state index is 0.610. The second-order valence-corrected chi connectivity index (χ2v) is 3.72. The average molecular weight is 341 g/mol. The molecule has 0 N–H and O–H groups in total. The van der Waals surface area contributed by atoms with Crippen molar-refractivity contribution in [2.24, 2.45) is 0 Å². The number of benzene rings is 1. The zero-order valence-electron chi connectivity index (χ0n) is 16.0. The summed E-state index contributed by atoms with van der Waals surface area (Å²) in [5.74, 6) is 1.26. The maximum Gasteiger partial charge on any atom is 0.226 e. The molecule has 1 heterocycles. The molecule has 2 aromatic rings. The molecular formula is C19H33ClN2O. The first kappa shape index (κ1) is 26.3. The zero-order valence-corrected chi connectivity index (χ0v) is 16.7. The van der Waals surface area contributed by atoms with Gasteiger partial charge < -0.3 is 4.52 Å². The summed E-state index contributed by atoms with van der Waals surface area (Å²) in [4.78, 5) is 4.21. The van der Waals surface area contributed by atoms with Gasteiger partial charge in [0.15, 0.2) is 0 Å². The number of allylic oxidation sites excluding steroid dienone is 1. The Kier molecular flexibility index (Phi) is 23.3. The maximum atomic E-state index is 5.77. The number of hydrogen-bond donors (Lipinski definition) is 0. The Morgan fingerprint density at radius 2 is 1.48 bits per heavy atom. The smallest absolute Gasteiger partial charge is 0.226 e. The van der Waals surface area contributed by atoms with Crippen LogP contribution in [0.4, 0.5) is 0 Å². The lowest BCUT2D eigenvalue weighted by Crippen LogP contribution is -1.81. The van der Waals surface area contributed by atoms with Crippen LogP contribution in [0.15, 0.2) is 41.4 Å². The second-order valence-electron chi connectivity index (χ2n) is 3.28. The SMILES string of the molecule is C=CC.CC.CC.CC.CCc1nc(-c2ccc(Cl)cc2)no1. The second kappa shape index (κ2) is 20.4. The normalized spacial score (nSPS) is 7.70. The molecule has 0 atom stereocenters. The summed E-state index contributed by atoms with van der Waals surface area (Å²) < 4.78 is 5.00. The molecule has 2 rings (SSSR count). The van der Waals surface area contributed by atoms with Gasteiger partial charge in [-0.05, 0) is 31.2 Å². The predicted molar refractivity (Wildman–Crippen MR) is 104 cm³/mol. The molecule has 0 fully saturated rings. The highest BCUT2D eigenvalue weighted by Crippen LogP contribution is 2.18. The average Bonchev–Trinajstić information content (AvgIpc) is 3.11. The fraction of sp³-hybridized carbons (Fsp3) is 0.474. The van der Waals surface area contributed by atoms with E-state index < -0.39 is 0 Å².